The molecule has 2 saturated heterocycles. The molecule has 2 aliphatic heterocycles. The van der Waals surface area contributed by atoms with Crippen molar-refractivity contribution in [3.63, 3.8) is 0 Å². The minimum atomic E-state index is -1.16. The molecule has 0 spiro atoms. The molecule has 3 rings (SSSR count). The first kappa shape index (κ1) is 38.0. The number of rotatable bonds is 10. The highest BCUT2D eigenvalue weighted by Gasteiger charge is 2.39. The van der Waals surface area contributed by atoms with Crippen LogP contribution in [0, 0.1) is 5.92 Å². The molecule has 0 aliphatic carbocycles. The highest BCUT2D eigenvalue weighted by Crippen LogP contribution is 2.22. The van der Waals surface area contributed by atoms with E-state index in [1.807, 2.05) is 13.8 Å². The van der Waals surface area contributed by atoms with E-state index in [-0.39, 0.29) is 30.8 Å². The lowest BCUT2D eigenvalue weighted by Crippen LogP contribution is -2.56. The number of benzene rings is 1. The molecule has 4 atom stereocenters. The quantitative estimate of drug-likeness (QED) is 0.271. The summed E-state index contributed by atoms with van der Waals surface area (Å²) < 4.78 is 5.24. The zero-order chi connectivity index (χ0) is 35.2. The second kappa shape index (κ2) is 18.7. The molecule has 264 valence electrons. The Hall–Kier alpha value is -4.49. The van der Waals surface area contributed by atoms with Gasteiger partial charge in [-0.15, -0.1) is 0 Å². The number of likely N-dealkylation sites (N-methyl/N-ethyl adjacent to an activating group) is 1. The van der Waals surface area contributed by atoms with Crippen molar-refractivity contribution in [3.8, 4) is 0 Å². The number of ketones is 1. The summed E-state index contributed by atoms with van der Waals surface area (Å²) in [6.45, 7) is 3.77. The van der Waals surface area contributed by atoms with Crippen LogP contribution in [-0.2, 0) is 33.5 Å². The van der Waals surface area contributed by atoms with Gasteiger partial charge >= 0.3 is 6.09 Å². The van der Waals surface area contributed by atoms with Crippen LogP contribution < -0.4 is 21.3 Å². The zero-order valence-corrected chi connectivity index (χ0v) is 28.4. The summed E-state index contributed by atoms with van der Waals surface area (Å²) >= 11 is 0. The third-order valence-electron chi connectivity index (χ3n) is 8.35. The predicted molar refractivity (Wildman–Crippen MR) is 176 cm³/mol. The SMILES string of the molecule is CC(C)COC(=O)N[C@@H]1CCCCCCCC(C(=O)C(=O)NCC(=O)N[C@H](C(=O)N(C)C)c2ccccc2)NC(=O)[C@@H]2CCCN2C1=O. The third kappa shape index (κ3) is 11.3. The van der Waals surface area contributed by atoms with Gasteiger partial charge in [-0.3, -0.25) is 28.8 Å². The molecule has 6 amide bonds. The van der Waals surface area contributed by atoms with Crippen molar-refractivity contribution < 1.29 is 38.3 Å². The summed E-state index contributed by atoms with van der Waals surface area (Å²) in [5.41, 5.74) is 0.557. The summed E-state index contributed by atoms with van der Waals surface area (Å²) in [5, 5.41) is 10.3. The van der Waals surface area contributed by atoms with Crippen molar-refractivity contribution in [2.24, 2.45) is 5.92 Å². The van der Waals surface area contributed by atoms with Gasteiger partial charge in [-0.05, 0) is 37.2 Å². The Morgan fingerprint density at radius 3 is 2.27 bits per heavy atom. The number of nitrogens with one attached hydrogen (secondary N) is 4. The second-order valence-corrected chi connectivity index (χ2v) is 13.0. The minimum absolute atomic E-state index is 0.128. The molecule has 0 saturated carbocycles. The summed E-state index contributed by atoms with van der Waals surface area (Å²) in [6, 6.07) is 4.77. The monoisotopic (exact) mass is 670 g/mol. The molecular weight excluding hydrogens is 620 g/mol. The molecule has 4 N–H and O–H groups in total. The minimum Gasteiger partial charge on any atom is -0.449 e. The van der Waals surface area contributed by atoms with Crippen molar-refractivity contribution in [3.05, 3.63) is 35.9 Å². The van der Waals surface area contributed by atoms with E-state index < -0.39 is 60.3 Å². The van der Waals surface area contributed by atoms with Crippen molar-refractivity contribution in [2.75, 3.05) is 33.8 Å². The predicted octanol–water partition coefficient (Wildman–Crippen LogP) is 1.59. The third-order valence-corrected chi connectivity index (χ3v) is 8.35. The molecule has 0 radical (unpaired) electrons. The fourth-order valence-electron chi connectivity index (χ4n) is 5.76. The van der Waals surface area contributed by atoms with Gasteiger partial charge in [0.15, 0.2) is 0 Å². The van der Waals surface area contributed by atoms with Gasteiger partial charge < -0.3 is 35.8 Å². The number of alkyl carbamates (subject to hydrolysis) is 1. The van der Waals surface area contributed by atoms with Gasteiger partial charge in [0.1, 0.15) is 18.1 Å². The average molecular weight is 671 g/mol. The van der Waals surface area contributed by atoms with Crippen LogP contribution in [0.1, 0.15) is 83.2 Å². The lowest BCUT2D eigenvalue weighted by atomic mass is 9.99. The van der Waals surface area contributed by atoms with Crippen molar-refractivity contribution in [1.82, 2.24) is 31.1 Å². The van der Waals surface area contributed by atoms with E-state index in [0.29, 0.717) is 44.2 Å². The number of fused-ring (bicyclic) bond motifs is 1. The molecule has 48 heavy (non-hydrogen) atoms. The lowest BCUT2D eigenvalue weighted by molar-refractivity contribution is -0.143. The Morgan fingerprint density at radius 1 is 0.938 bits per heavy atom. The van der Waals surface area contributed by atoms with Crippen LogP contribution in [0.5, 0.6) is 0 Å². The highest BCUT2D eigenvalue weighted by molar-refractivity contribution is 6.38. The number of ether oxygens (including phenoxy) is 1. The number of hydrogen-bond donors (Lipinski definition) is 4. The highest BCUT2D eigenvalue weighted by atomic mass is 16.5. The van der Waals surface area contributed by atoms with Crippen molar-refractivity contribution in [1.29, 1.82) is 0 Å². The van der Waals surface area contributed by atoms with E-state index in [2.05, 4.69) is 21.3 Å². The number of carbonyl (C=O) groups excluding carboxylic acids is 7. The van der Waals surface area contributed by atoms with Crippen molar-refractivity contribution >= 4 is 41.4 Å². The fourth-order valence-corrected chi connectivity index (χ4v) is 5.76. The topological polar surface area (TPSA) is 183 Å². The normalized spacial score (nSPS) is 21.2. The Bertz CT molecular complexity index is 1300. The van der Waals surface area contributed by atoms with E-state index >= 15 is 0 Å². The van der Waals surface area contributed by atoms with Crippen LogP contribution in [-0.4, -0.2) is 103 Å². The molecule has 2 heterocycles. The molecule has 1 aromatic carbocycles. The molecule has 2 aliphatic rings. The summed E-state index contributed by atoms with van der Waals surface area (Å²) in [6.07, 6.45) is 4.39. The first-order chi connectivity index (χ1) is 22.9. The molecule has 14 heteroatoms. The van der Waals surface area contributed by atoms with Crippen LogP contribution in [0.25, 0.3) is 0 Å². The van der Waals surface area contributed by atoms with Gasteiger partial charge in [-0.1, -0.05) is 76.3 Å². The Morgan fingerprint density at radius 2 is 1.60 bits per heavy atom. The summed E-state index contributed by atoms with van der Waals surface area (Å²) in [7, 11) is 3.12. The number of hydrogen-bond acceptors (Lipinski definition) is 8. The first-order valence-electron chi connectivity index (χ1n) is 16.8. The van der Waals surface area contributed by atoms with Gasteiger partial charge in [0, 0.05) is 20.6 Å². The van der Waals surface area contributed by atoms with Crippen LogP contribution in [0.4, 0.5) is 4.79 Å². The largest absolute Gasteiger partial charge is 0.449 e. The molecule has 1 aromatic rings. The second-order valence-electron chi connectivity index (χ2n) is 13.0. The Kier molecular flexibility index (Phi) is 14.8. The van der Waals surface area contributed by atoms with Crippen LogP contribution in [0.2, 0.25) is 0 Å². The lowest BCUT2D eigenvalue weighted by Gasteiger charge is -2.30. The van der Waals surface area contributed by atoms with E-state index in [0.717, 1.165) is 19.3 Å². The van der Waals surface area contributed by atoms with Crippen molar-refractivity contribution in [2.45, 2.75) is 95.8 Å². The maximum Gasteiger partial charge on any atom is 0.407 e. The molecule has 0 aromatic heterocycles. The zero-order valence-electron chi connectivity index (χ0n) is 28.4. The number of nitrogens with zero attached hydrogens (tertiary/aromatic N) is 2. The van der Waals surface area contributed by atoms with Crippen LogP contribution >= 0.6 is 0 Å². The standard InChI is InChI=1S/C34H50N6O8/c1-22(2)21-48-34(47)37-25-17-12-7-5-6-11-16-24(36-30(43)26-18-13-19-40(26)32(25)45)29(42)31(44)35-20-27(41)38-28(33(46)39(3)4)23-14-9-8-10-15-23/h8-10,14-15,22,24-26,28H,5-7,11-13,16-21H2,1-4H3,(H,35,44)(H,36,43)(H,37,47)(H,38,41)/t24?,25-,26+,28+/m1/s1. The molecular formula is C34H50N6O8. The van der Waals surface area contributed by atoms with Crippen LogP contribution in [0.3, 0.4) is 0 Å². The number of carbonyl (C=O) groups is 7. The van der Waals surface area contributed by atoms with Gasteiger partial charge in [-0.25, -0.2) is 4.79 Å². The molecule has 2 fully saturated rings. The smallest absolute Gasteiger partial charge is 0.407 e. The van der Waals surface area contributed by atoms with Crippen LogP contribution in [0.15, 0.2) is 30.3 Å². The van der Waals surface area contributed by atoms with Gasteiger partial charge in [0.25, 0.3) is 5.91 Å². The Labute approximate surface area is 282 Å². The maximum atomic E-state index is 13.6. The van der Waals surface area contributed by atoms with Gasteiger partial charge in [-0.2, -0.15) is 0 Å². The maximum absolute atomic E-state index is 13.6. The summed E-state index contributed by atoms with van der Waals surface area (Å²) in [4.78, 5) is 94.2. The van der Waals surface area contributed by atoms with E-state index in [4.69, 9.17) is 4.74 Å². The number of amides is 6. The van der Waals surface area contributed by atoms with Gasteiger partial charge in [0.2, 0.25) is 29.4 Å². The number of Topliss-reactive ketones (excluding diaryl/α,β-unsaturated/α-hetero) is 1. The Balaban J connectivity index is 1.66. The molecule has 14 nitrogen and oxygen atoms in total. The van der Waals surface area contributed by atoms with E-state index in [1.54, 1.807) is 44.4 Å². The fraction of sp³-hybridized carbons (Fsp3) is 0.618. The average Bonchev–Trinajstić information content (AvgIpc) is 3.56. The first-order valence-corrected chi connectivity index (χ1v) is 16.8. The summed E-state index contributed by atoms with van der Waals surface area (Å²) in [5.74, 6) is -3.82. The van der Waals surface area contributed by atoms with Gasteiger partial charge in [0.05, 0.1) is 19.2 Å². The van der Waals surface area contributed by atoms with E-state index in [9.17, 15) is 33.6 Å². The van der Waals surface area contributed by atoms with E-state index in [1.165, 1.54) is 9.80 Å². The molecule has 0 bridgehead atoms. The molecule has 1 unspecified atom stereocenters.